The van der Waals surface area contributed by atoms with Gasteiger partial charge in [0.1, 0.15) is 0 Å². The van der Waals surface area contributed by atoms with Crippen molar-refractivity contribution in [3.8, 4) is 0 Å². The molecular weight excluding hydrogens is 228 g/mol. The summed E-state index contributed by atoms with van der Waals surface area (Å²) in [5.74, 6) is 0. The Labute approximate surface area is 116 Å². The molecule has 0 saturated heterocycles. The van der Waals surface area contributed by atoms with Gasteiger partial charge in [-0.3, -0.25) is 0 Å². The molecule has 0 heteroatoms. The quantitative estimate of drug-likeness (QED) is 0.669. The Morgan fingerprint density at radius 2 is 1.21 bits per heavy atom. The third-order valence-electron chi connectivity index (χ3n) is 3.09. The van der Waals surface area contributed by atoms with Gasteiger partial charge in [-0.2, -0.15) is 0 Å². The van der Waals surface area contributed by atoms with Gasteiger partial charge in [0.05, 0.1) is 0 Å². The Bertz CT molecular complexity index is 486. The second kappa shape index (κ2) is 5.88. The molecule has 0 unspecified atom stereocenters. The lowest BCUT2D eigenvalue weighted by Gasteiger charge is -2.17. The monoisotopic (exact) mass is 250 g/mol. The second-order valence-electron chi connectivity index (χ2n) is 6.11. The van der Waals surface area contributed by atoms with Gasteiger partial charge in [0.2, 0.25) is 0 Å². The van der Waals surface area contributed by atoms with Gasteiger partial charge in [-0.25, -0.2) is 0 Å². The van der Waals surface area contributed by atoms with E-state index in [0.717, 1.165) is 6.42 Å². The van der Waals surface area contributed by atoms with Crippen LogP contribution in [0.25, 0.3) is 5.57 Å². The van der Waals surface area contributed by atoms with E-state index >= 15 is 0 Å². The van der Waals surface area contributed by atoms with Crippen LogP contribution < -0.4 is 0 Å². The SMILES string of the molecule is CC(C)(C)CC=C(c1ccccc1)c1ccccc1. The van der Waals surface area contributed by atoms with E-state index in [1.54, 1.807) is 0 Å². The molecule has 0 N–H and O–H groups in total. The third kappa shape index (κ3) is 4.10. The molecule has 0 radical (unpaired) electrons. The molecule has 0 bridgehead atoms. The van der Waals surface area contributed by atoms with Crippen molar-refractivity contribution in [2.75, 3.05) is 0 Å². The molecule has 2 aromatic rings. The van der Waals surface area contributed by atoms with Crippen LogP contribution in [0.15, 0.2) is 66.7 Å². The average molecular weight is 250 g/mol. The molecule has 0 heterocycles. The maximum Gasteiger partial charge on any atom is -0.0151 e. The van der Waals surface area contributed by atoms with E-state index in [0.29, 0.717) is 5.41 Å². The standard InChI is InChI=1S/C19H22/c1-19(2,3)15-14-18(16-10-6-4-7-11-16)17-12-8-5-9-13-17/h4-14H,15H2,1-3H3. The van der Waals surface area contributed by atoms with E-state index in [2.05, 4.69) is 87.5 Å². The Morgan fingerprint density at radius 3 is 1.58 bits per heavy atom. The molecule has 0 amide bonds. The van der Waals surface area contributed by atoms with Crippen LogP contribution in [0.1, 0.15) is 38.3 Å². The average Bonchev–Trinajstić information content (AvgIpc) is 2.40. The van der Waals surface area contributed by atoms with Crippen LogP contribution in [0.2, 0.25) is 0 Å². The Kier molecular flexibility index (Phi) is 4.21. The van der Waals surface area contributed by atoms with E-state index in [9.17, 15) is 0 Å². The van der Waals surface area contributed by atoms with Crippen LogP contribution in [-0.4, -0.2) is 0 Å². The van der Waals surface area contributed by atoms with Gasteiger partial charge in [0.15, 0.2) is 0 Å². The maximum atomic E-state index is 2.37. The highest BCUT2D eigenvalue weighted by atomic mass is 14.2. The first-order chi connectivity index (χ1) is 9.06. The predicted molar refractivity (Wildman–Crippen MR) is 84.0 cm³/mol. The first kappa shape index (κ1) is 13.6. The van der Waals surface area contributed by atoms with Crippen LogP contribution in [-0.2, 0) is 0 Å². The highest BCUT2D eigenvalue weighted by Gasteiger charge is 2.10. The summed E-state index contributed by atoms with van der Waals surface area (Å²) in [7, 11) is 0. The molecular formula is C19H22. The number of rotatable bonds is 3. The molecule has 2 rings (SSSR count). The minimum atomic E-state index is 0.314. The lowest BCUT2D eigenvalue weighted by molar-refractivity contribution is 0.421. The number of hydrogen-bond donors (Lipinski definition) is 0. The molecule has 0 aliphatic carbocycles. The number of hydrogen-bond acceptors (Lipinski definition) is 0. The summed E-state index contributed by atoms with van der Waals surface area (Å²) < 4.78 is 0. The third-order valence-corrected chi connectivity index (χ3v) is 3.09. The van der Waals surface area contributed by atoms with Crippen molar-refractivity contribution in [2.24, 2.45) is 5.41 Å². The smallest absolute Gasteiger partial charge is 0.0151 e. The van der Waals surface area contributed by atoms with Gasteiger partial charge < -0.3 is 0 Å². The van der Waals surface area contributed by atoms with Crippen molar-refractivity contribution in [1.29, 1.82) is 0 Å². The zero-order valence-corrected chi connectivity index (χ0v) is 12.1. The van der Waals surface area contributed by atoms with Gasteiger partial charge in [0.25, 0.3) is 0 Å². The van der Waals surface area contributed by atoms with Crippen LogP contribution in [0.5, 0.6) is 0 Å². The summed E-state index contributed by atoms with van der Waals surface area (Å²) in [6, 6.07) is 21.3. The van der Waals surface area contributed by atoms with Gasteiger partial charge in [0, 0.05) is 0 Å². The van der Waals surface area contributed by atoms with Crippen molar-refractivity contribution >= 4 is 5.57 Å². The highest BCUT2D eigenvalue weighted by molar-refractivity contribution is 5.79. The minimum absolute atomic E-state index is 0.314. The highest BCUT2D eigenvalue weighted by Crippen LogP contribution is 2.27. The summed E-state index contributed by atoms with van der Waals surface area (Å²) in [4.78, 5) is 0. The fourth-order valence-electron chi connectivity index (χ4n) is 2.05. The lowest BCUT2D eigenvalue weighted by atomic mass is 9.88. The summed E-state index contributed by atoms with van der Waals surface area (Å²) in [5, 5.41) is 0. The Balaban J connectivity index is 2.40. The Hall–Kier alpha value is -1.82. The van der Waals surface area contributed by atoms with Crippen LogP contribution >= 0.6 is 0 Å². The van der Waals surface area contributed by atoms with Crippen molar-refractivity contribution < 1.29 is 0 Å². The van der Waals surface area contributed by atoms with Crippen molar-refractivity contribution in [3.05, 3.63) is 77.9 Å². The molecule has 0 spiro atoms. The van der Waals surface area contributed by atoms with Gasteiger partial charge in [-0.15, -0.1) is 0 Å². The summed E-state index contributed by atoms with van der Waals surface area (Å²) in [6.45, 7) is 6.82. The number of allylic oxidation sites excluding steroid dienone is 1. The van der Waals surface area contributed by atoms with Crippen LogP contribution in [0.4, 0.5) is 0 Å². The second-order valence-corrected chi connectivity index (χ2v) is 6.11. The van der Waals surface area contributed by atoms with Crippen LogP contribution in [0.3, 0.4) is 0 Å². The molecule has 0 fully saturated rings. The maximum absolute atomic E-state index is 2.37. The summed E-state index contributed by atoms with van der Waals surface area (Å²) >= 11 is 0. The zero-order valence-electron chi connectivity index (χ0n) is 12.1. The van der Waals surface area contributed by atoms with E-state index in [4.69, 9.17) is 0 Å². The van der Waals surface area contributed by atoms with Crippen molar-refractivity contribution in [1.82, 2.24) is 0 Å². The molecule has 0 nitrogen and oxygen atoms in total. The van der Waals surface area contributed by atoms with E-state index in [-0.39, 0.29) is 0 Å². The number of benzene rings is 2. The molecule has 0 saturated carbocycles. The molecule has 0 atom stereocenters. The van der Waals surface area contributed by atoms with E-state index in [1.807, 2.05) is 0 Å². The summed E-state index contributed by atoms with van der Waals surface area (Å²) in [5.41, 5.74) is 4.22. The normalized spacial score (nSPS) is 11.1. The van der Waals surface area contributed by atoms with E-state index in [1.165, 1.54) is 16.7 Å². The largest absolute Gasteiger partial charge is 0.0755 e. The van der Waals surface area contributed by atoms with Gasteiger partial charge >= 0.3 is 0 Å². The molecule has 98 valence electrons. The molecule has 0 aliphatic rings. The fourth-order valence-corrected chi connectivity index (χ4v) is 2.05. The minimum Gasteiger partial charge on any atom is -0.0755 e. The van der Waals surface area contributed by atoms with Gasteiger partial charge in [-0.05, 0) is 28.5 Å². The van der Waals surface area contributed by atoms with Crippen molar-refractivity contribution in [2.45, 2.75) is 27.2 Å². The molecule has 19 heavy (non-hydrogen) atoms. The predicted octanol–water partition coefficient (Wildman–Crippen LogP) is 5.55. The van der Waals surface area contributed by atoms with Gasteiger partial charge in [-0.1, -0.05) is 87.5 Å². The Morgan fingerprint density at radius 1 is 0.789 bits per heavy atom. The first-order valence-corrected chi connectivity index (χ1v) is 6.87. The topological polar surface area (TPSA) is 0 Å². The van der Waals surface area contributed by atoms with Crippen molar-refractivity contribution in [3.63, 3.8) is 0 Å². The van der Waals surface area contributed by atoms with E-state index < -0.39 is 0 Å². The molecule has 2 aromatic carbocycles. The first-order valence-electron chi connectivity index (χ1n) is 6.87. The zero-order chi connectivity index (χ0) is 13.7. The van der Waals surface area contributed by atoms with Crippen LogP contribution in [0, 0.1) is 5.41 Å². The molecule has 0 aromatic heterocycles. The fraction of sp³-hybridized carbons (Fsp3) is 0.263. The lowest BCUT2D eigenvalue weighted by Crippen LogP contribution is -2.03. The summed E-state index contributed by atoms with van der Waals surface area (Å²) in [6.07, 6.45) is 3.44. The molecule has 0 aliphatic heterocycles.